The lowest BCUT2D eigenvalue weighted by atomic mass is 10.1. The predicted octanol–water partition coefficient (Wildman–Crippen LogP) is 4.44. The number of carbonyl (C=O) groups is 1. The van der Waals surface area contributed by atoms with Crippen molar-refractivity contribution in [2.24, 2.45) is 0 Å². The van der Waals surface area contributed by atoms with E-state index < -0.39 is 4.92 Å². The van der Waals surface area contributed by atoms with Crippen LogP contribution in [0.15, 0.2) is 40.9 Å². The van der Waals surface area contributed by atoms with Gasteiger partial charge >= 0.3 is 0 Å². The summed E-state index contributed by atoms with van der Waals surface area (Å²) in [7, 11) is 0. The zero-order valence-electron chi connectivity index (χ0n) is 16.7. The van der Waals surface area contributed by atoms with E-state index in [4.69, 9.17) is 20.8 Å². The van der Waals surface area contributed by atoms with Crippen molar-refractivity contribution in [2.75, 3.05) is 0 Å². The molecule has 0 saturated carbocycles. The Labute approximate surface area is 177 Å². The molecule has 30 heavy (non-hydrogen) atoms. The molecule has 0 radical (unpaired) electrons. The molecule has 3 rings (SSSR count). The van der Waals surface area contributed by atoms with E-state index in [1.54, 1.807) is 18.3 Å². The van der Waals surface area contributed by atoms with Gasteiger partial charge in [-0.3, -0.25) is 19.6 Å². The topological polar surface area (TPSA) is 112 Å². The number of benzene rings is 1. The molecule has 158 valence electrons. The zero-order valence-corrected chi connectivity index (χ0v) is 17.5. The van der Waals surface area contributed by atoms with Crippen LogP contribution < -0.4 is 10.1 Å². The van der Waals surface area contributed by atoms with Crippen LogP contribution in [0, 0.1) is 17.0 Å². The van der Waals surface area contributed by atoms with E-state index in [9.17, 15) is 14.9 Å². The van der Waals surface area contributed by atoms with E-state index in [0.717, 1.165) is 17.8 Å². The van der Waals surface area contributed by atoms with Crippen LogP contribution in [0.3, 0.4) is 0 Å². The Morgan fingerprint density at radius 3 is 2.80 bits per heavy atom. The van der Waals surface area contributed by atoms with Gasteiger partial charge in [0, 0.05) is 29.9 Å². The van der Waals surface area contributed by atoms with Crippen molar-refractivity contribution < 1.29 is 18.9 Å². The number of non-ortho nitro benzene ring substituents is 1. The van der Waals surface area contributed by atoms with Gasteiger partial charge in [-0.15, -0.1) is 0 Å². The third-order valence-electron chi connectivity index (χ3n) is 4.64. The van der Waals surface area contributed by atoms with Crippen LogP contribution in [-0.2, 0) is 13.2 Å². The fourth-order valence-corrected chi connectivity index (χ4v) is 3.23. The average Bonchev–Trinajstić information content (AvgIpc) is 3.33. The van der Waals surface area contributed by atoms with Crippen LogP contribution in [0.2, 0.25) is 5.02 Å². The van der Waals surface area contributed by atoms with Crippen molar-refractivity contribution in [3.8, 4) is 5.75 Å². The summed E-state index contributed by atoms with van der Waals surface area (Å²) >= 11 is 6.00. The number of nitro benzene ring substituents is 1. The first-order valence-corrected chi connectivity index (χ1v) is 9.66. The molecule has 0 aliphatic rings. The summed E-state index contributed by atoms with van der Waals surface area (Å²) in [5, 5.41) is 18.1. The van der Waals surface area contributed by atoms with Crippen molar-refractivity contribution >= 4 is 23.2 Å². The molecule has 3 aromatic rings. The van der Waals surface area contributed by atoms with Gasteiger partial charge in [0.05, 0.1) is 22.2 Å². The minimum atomic E-state index is -0.539. The second-order valence-corrected chi connectivity index (χ2v) is 7.03. The molecule has 10 heteroatoms. The van der Waals surface area contributed by atoms with Gasteiger partial charge < -0.3 is 14.5 Å². The Bertz CT molecular complexity index is 1080. The molecule has 2 heterocycles. The number of carbonyl (C=O) groups excluding carboxylic acids is 1. The first-order valence-electron chi connectivity index (χ1n) is 9.28. The lowest BCUT2D eigenvalue weighted by Crippen LogP contribution is -2.26. The SMILES string of the molecule is CCn1ncc(C(C)NC(=O)c2ccc(COc3ccc([N+](=O)[O-])cc3Cl)o2)c1C. The second-order valence-electron chi connectivity index (χ2n) is 6.62. The molecule has 0 spiro atoms. The number of amides is 1. The molecular formula is C20H21ClN4O5. The van der Waals surface area contributed by atoms with Crippen LogP contribution in [0.1, 0.15) is 47.5 Å². The zero-order chi connectivity index (χ0) is 21.8. The molecule has 0 fully saturated rings. The van der Waals surface area contributed by atoms with E-state index in [0.29, 0.717) is 5.76 Å². The van der Waals surface area contributed by atoms with E-state index in [1.807, 2.05) is 25.5 Å². The summed E-state index contributed by atoms with van der Waals surface area (Å²) < 4.78 is 13.0. The highest BCUT2D eigenvalue weighted by Gasteiger charge is 2.19. The maximum atomic E-state index is 12.5. The van der Waals surface area contributed by atoms with Crippen LogP contribution in [0.5, 0.6) is 5.75 Å². The smallest absolute Gasteiger partial charge is 0.287 e. The fraction of sp³-hybridized carbons (Fsp3) is 0.300. The van der Waals surface area contributed by atoms with Crippen molar-refractivity contribution in [3.63, 3.8) is 0 Å². The summed E-state index contributed by atoms with van der Waals surface area (Å²) in [5.74, 6) is 0.487. The summed E-state index contributed by atoms with van der Waals surface area (Å²) in [4.78, 5) is 22.7. The van der Waals surface area contributed by atoms with Gasteiger partial charge in [-0.2, -0.15) is 5.10 Å². The highest BCUT2D eigenvalue weighted by atomic mass is 35.5. The second kappa shape index (κ2) is 9.00. The summed E-state index contributed by atoms with van der Waals surface area (Å²) in [6.45, 7) is 6.62. The Morgan fingerprint density at radius 1 is 1.40 bits per heavy atom. The Hall–Kier alpha value is -3.33. The average molecular weight is 433 g/mol. The van der Waals surface area contributed by atoms with E-state index in [2.05, 4.69) is 10.4 Å². The highest BCUT2D eigenvalue weighted by Crippen LogP contribution is 2.29. The Kier molecular flexibility index (Phi) is 6.41. The molecule has 0 saturated heterocycles. The third kappa shape index (κ3) is 4.62. The number of furan rings is 1. The molecule has 1 atom stereocenters. The van der Waals surface area contributed by atoms with Gasteiger partial charge in [0.1, 0.15) is 18.1 Å². The Morgan fingerprint density at radius 2 is 2.17 bits per heavy atom. The monoisotopic (exact) mass is 432 g/mol. The molecule has 1 unspecified atom stereocenters. The minimum absolute atomic E-state index is 0.0166. The molecule has 0 aliphatic carbocycles. The van der Waals surface area contributed by atoms with Crippen LogP contribution in [-0.4, -0.2) is 20.6 Å². The van der Waals surface area contributed by atoms with Crippen LogP contribution in [0.25, 0.3) is 0 Å². The molecule has 1 N–H and O–H groups in total. The lowest BCUT2D eigenvalue weighted by molar-refractivity contribution is -0.384. The number of halogens is 1. The maximum Gasteiger partial charge on any atom is 0.287 e. The number of aromatic nitrogens is 2. The van der Waals surface area contributed by atoms with Gasteiger partial charge in [-0.1, -0.05) is 11.6 Å². The third-order valence-corrected chi connectivity index (χ3v) is 4.93. The van der Waals surface area contributed by atoms with Crippen molar-refractivity contribution in [1.82, 2.24) is 15.1 Å². The summed E-state index contributed by atoms with van der Waals surface area (Å²) in [6, 6.07) is 6.87. The molecular weight excluding hydrogens is 412 g/mol. The number of nitrogens with zero attached hydrogens (tertiary/aromatic N) is 3. The molecule has 2 aromatic heterocycles. The maximum absolute atomic E-state index is 12.5. The number of rotatable bonds is 8. The first kappa shape index (κ1) is 21.4. The minimum Gasteiger partial charge on any atom is -0.484 e. The first-order chi connectivity index (χ1) is 14.3. The molecule has 1 aromatic carbocycles. The van der Waals surface area contributed by atoms with Crippen LogP contribution in [0.4, 0.5) is 5.69 Å². The van der Waals surface area contributed by atoms with Gasteiger partial charge in [-0.05, 0) is 39.0 Å². The highest BCUT2D eigenvalue weighted by molar-refractivity contribution is 6.32. The normalized spacial score (nSPS) is 11.9. The number of nitro groups is 1. The van der Waals surface area contributed by atoms with E-state index >= 15 is 0 Å². The van der Waals surface area contributed by atoms with Crippen molar-refractivity contribution in [2.45, 2.75) is 40.0 Å². The van der Waals surface area contributed by atoms with Gasteiger partial charge in [0.15, 0.2) is 5.76 Å². The molecule has 0 bridgehead atoms. The van der Waals surface area contributed by atoms with Crippen molar-refractivity contribution in [3.05, 3.63) is 74.4 Å². The predicted molar refractivity (Wildman–Crippen MR) is 110 cm³/mol. The summed E-state index contributed by atoms with van der Waals surface area (Å²) in [5.41, 5.74) is 1.81. The van der Waals surface area contributed by atoms with Gasteiger partial charge in [0.2, 0.25) is 0 Å². The fourth-order valence-electron chi connectivity index (χ4n) is 3.00. The van der Waals surface area contributed by atoms with Gasteiger partial charge in [0.25, 0.3) is 11.6 Å². The van der Waals surface area contributed by atoms with E-state index in [-0.39, 0.29) is 40.8 Å². The number of aryl methyl sites for hydroxylation is 1. The number of nitrogens with one attached hydrogen (secondary N) is 1. The largest absolute Gasteiger partial charge is 0.484 e. The van der Waals surface area contributed by atoms with Crippen LogP contribution >= 0.6 is 11.6 Å². The summed E-state index contributed by atoms with van der Waals surface area (Å²) in [6.07, 6.45) is 1.75. The number of hydrogen-bond acceptors (Lipinski definition) is 6. The molecule has 9 nitrogen and oxygen atoms in total. The lowest BCUT2D eigenvalue weighted by Gasteiger charge is -2.13. The standard InChI is InChI=1S/C20H21ClN4O5/c1-4-24-13(3)16(10-22-24)12(2)23-20(26)19-8-6-15(30-19)11-29-18-7-5-14(25(27)28)9-17(18)21/h5-10,12H,4,11H2,1-3H3,(H,23,26). The van der Waals surface area contributed by atoms with Crippen molar-refractivity contribution in [1.29, 1.82) is 0 Å². The molecule has 1 amide bonds. The van der Waals surface area contributed by atoms with E-state index in [1.165, 1.54) is 18.2 Å². The molecule has 0 aliphatic heterocycles. The Balaban J connectivity index is 1.61. The quantitative estimate of drug-likeness (QED) is 0.416. The number of ether oxygens (including phenoxy) is 1. The number of hydrogen-bond donors (Lipinski definition) is 1. The van der Waals surface area contributed by atoms with Gasteiger partial charge in [-0.25, -0.2) is 0 Å².